The molecule has 0 saturated carbocycles. The zero-order valence-corrected chi connectivity index (χ0v) is 10.8. The van der Waals surface area contributed by atoms with Gasteiger partial charge in [0, 0.05) is 25.0 Å². The number of nitrogens with one attached hydrogen (secondary N) is 2. The zero-order chi connectivity index (χ0) is 13.5. The van der Waals surface area contributed by atoms with Gasteiger partial charge in [0.1, 0.15) is 5.56 Å². The van der Waals surface area contributed by atoms with Gasteiger partial charge >= 0.3 is 0 Å². The third-order valence-electron chi connectivity index (χ3n) is 3.13. The number of carbonyl (C=O) groups excluding carboxylic acids is 1. The first-order valence-corrected chi connectivity index (χ1v) is 6.23. The van der Waals surface area contributed by atoms with Crippen molar-refractivity contribution in [3.63, 3.8) is 0 Å². The molecule has 1 unspecified atom stereocenters. The number of aliphatic hydroxyl groups is 1. The maximum atomic E-state index is 11.7. The number of hydrogen-bond donors (Lipinski definition) is 3. The summed E-state index contributed by atoms with van der Waals surface area (Å²) >= 11 is 0. The average molecular weight is 252 g/mol. The molecule has 5 nitrogen and oxygen atoms in total. The Balaban J connectivity index is 2.57. The minimum absolute atomic E-state index is 0.0641. The highest BCUT2D eigenvalue weighted by Crippen LogP contribution is 2.12. The second-order valence-electron chi connectivity index (χ2n) is 4.28. The first-order chi connectivity index (χ1) is 8.60. The van der Waals surface area contributed by atoms with Crippen LogP contribution in [0.4, 0.5) is 0 Å². The van der Waals surface area contributed by atoms with E-state index >= 15 is 0 Å². The second-order valence-corrected chi connectivity index (χ2v) is 4.28. The largest absolute Gasteiger partial charge is 0.391 e. The van der Waals surface area contributed by atoms with Crippen LogP contribution in [0.5, 0.6) is 0 Å². The lowest BCUT2D eigenvalue weighted by atomic mass is 9.96. The number of carbonyl (C=O) groups is 1. The third kappa shape index (κ3) is 3.70. The standard InChI is InChI=1S/C13H20N2O3/c1-3-9(4-2)12(17)8-15-13(18)10-7-14-6-5-11(10)16/h5-7,9,12,17H,3-4,8H2,1-2H3,(H,14,16)(H,15,18). The minimum atomic E-state index is -0.577. The fourth-order valence-corrected chi connectivity index (χ4v) is 1.89. The Morgan fingerprint density at radius 1 is 1.44 bits per heavy atom. The highest BCUT2D eigenvalue weighted by Gasteiger charge is 2.17. The minimum Gasteiger partial charge on any atom is -0.391 e. The number of hydrogen-bond acceptors (Lipinski definition) is 3. The van der Waals surface area contributed by atoms with Crippen LogP contribution in [0.3, 0.4) is 0 Å². The van der Waals surface area contributed by atoms with E-state index in [0.29, 0.717) is 0 Å². The SMILES string of the molecule is CCC(CC)C(O)CNC(=O)c1c[nH]ccc1=O. The van der Waals surface area contributed by atoms with Crippen molar-refractivity contribution in [2.75, 3.05) is 6.54 Å². The van der Waals surface area contributed by atoms with Crippen molar-refractivity contribution in [2.24, 2.45) is 5.92 Å². The lowest BCUT2D eigenvalue weighted by molar-refractivity contribution is 0.0815. The summed E-state index contributed by atoms with van der Waals surface area (Å²) in [6.45, 7) is 4.17. The van der Waals surface area contributed by atoms with E-state index in [9.17, 15) is 14.7 Å². The van der Waals surface area contributed by atoms with Crippen LogP contribution in [0.15, 0.2) is 23.3 Å². The van der Waals surface area contributed by atoms with Gasteiger partial charge in [-0.3, -0.25) is 9.59 Å². The molecule has 1 heterocycles. The molecule has 0 aliphatic rings. The highest BCUT2D eigenvalue weighted by atomic mass is 16.3. The number of H-pyrrole nitrogens is 1. The molecule has 100 valence electrons. The molecule has 0 spiro atoms. The Morgan fingerprint density at radius 2 is 2.11 bits per heavy atom. The Morgan fingerprint density at radius 3 is 2.67 bits per heavy atom. The number of aliphatic hydroxyl groups excluding tert-OH is 1. The van der Waals surface area contributed by atoms with Crippen LogP contribution >= 0.6 is 0 Å². The predicted octanol–water partition coefficient (Wildman–Crippen LogP) is 0.902. The lowest BCUT2D eigenvalue weighted by Gasteiger charge is -2.20. The molecule has 1 rings (SSSR count). The molecule has 0 aliphatic heterocycles. The van der Waals surface area contributed by atoms with Crippen LogP contribution < -0.4 is 10.7 Å². The maximum Gasteiger partial charge on any atom is 0.256 e. The van der Waals surface area contributed by atoms with Crippen molar-refractivity contribution in [3.05, 3.63) is 34.2 Å². The maximum absolute atomic E-state index is 11.7. The lowest BCUT2D eigenvalue weighted by Crippen LogP contribution is -2.37. The number of amides is 1. The molecule has 5 heteroatoms. The molecule has 1 amide bonds. The summed E-state index contributed by atoms with van der Waals surface area (Å²) in [5.74, 6) is -0.291. The number of aromatic nitrogens is 1. The van der Waals surface area contributed by atoms with Crippen molar-refractivity contribution in [2.45, 2.75) is 32.8 Å². The molecule has 1 atom stereocenters. The summed E-state index contributed by atoms with van der Waals surface area (Å²) in [4.78, 5) is 25.8. The fraction of sp³-hybridized carbons (Fsp3) is 0.538. The Labute approximate surface area is 106 Å². The molecule has 0 fully saturated rings. The highest BCUT2D eigenvalue weighted by molar-refractivity contribution is 5.93. The van der Waals surface area contributed by atoms with Crippen LogP contribution in [0.2, 0.25) is 0 Å². The molecule has 0 aliphatic carbocycles. The zero-order valence-electron chi connectivity index (χ0n) is 10.8. The van der Waals surface area contributed by atoms with Crippen LogP contribution in [-0.4, -0.2) is 28.6 Å². The van der Waals surface area contributed by atoms with Gasteiger partial charge in [0.05, 0.1) is 6.10 Å². The summed E-state index contributed by atoms with van der Waals surface area (Å²) in [5, 5.41) is 12.5. The predicted molar refractivity (Wildman–Crippen MR) is 69.5 cm³/mol. The van der Waals surface area contributed by atoms with Gasteiger partial charge in [-0.15, -0.1) is 0 Å². The monoisotopic (exact) mass is 252 g/mol. The van der Waals surface area contributed by atoms with Crippen molar-refractivity contribution in [1.29, 1.82) is 0 Å². The molecular weight excluding hydrogens is 232 g/mol. The number of aromatic amines is 1. The molecule has 0 bridgehead atoms. The summed E-state index contributed by atoms with van der Waals surface area (Å²) in [6.07, 6.45) is 3.98. The molecule has 0 aromatic carbocycles. The first kappa shape index (κ1) is 14.4. The van der Waals surface area contributed by atoms with Gasteiger partial charge in [-0.25, -0.2) is 0 Å². The molecule has 3 N–H and O–H groups in total. The molecule has 0 saturated heterocycles. The van der Waals surface area contributed by atoms with E-state index in [1.807, 2.05) is 13.8 Å². The van der Waals surface area contributed by atoms with E-state index in [-0.39, 0.29) is 23.5 Å². The Bertz CT molecular complexity index is 438. The van der Waals surface area contributed by atoms with Crippen LogP contribution in [0.1, 0.15) is 37.0 Å². The third-order valence-corrected chi connectivity index (χ3v) is 3.13. The second kappa shape index (κ2) is 6.96. The van der Waals surface area contributed by atoms with Crippen molar-refractivity contribution in [1.82, 2.24) is 10.3 Å². The first-order valence-electron chi connectivity index (χ1n) is 6.23. The molecule has 18 heavy (non-hydrogen) atoms. The van der Waals surface area contributed by atoms with Gasteiger partial charge in [-0.05, 0) is 5.92 Å². The van der Waals surface area contributed by atoms with Crippen molar-refractivity contribution >= 4 is 5.91 Å². The molecule has 1 aromatic heterocycles. The smallest absolute Gasteiger partial charge is 0.256 e. The van der Waals surface area contributed by atoms with Gasteiger partial charge < -0.3 is 15.4 Å². The van der Waals surface area contributed by atoms with Crippen molar-refractivity contribution < 1.29 is 9.90 Å². The summed E-state index contributed by atoms with van der Waals surface area (Å²) in [5.41, 5.74) is -0.266. The van der Waals surface area contributed by atoms with Gasteiger partial charge in [0.25, 0.3) is 5.91 Å². The average Bonchev–Trinajstić information content (AvgIpc) is 2.38. The van der Waals surface area contributed by atoms with Gasteiger partial charge in [0.2, 0.25) is 0 Å². The van der Waals surface area contributed by atoms with Crippen LogP contribution in [0.25, 0.3) is 0 Å². The van der Waals surface area contributed by atoms with Crippen LogP contribution in [0, 0.1) is 5.92 Å². The van der Waals surface area contributed by atoms with Crippen LogP contribution in [-0.2, 0) is 0 Å². The number of pyridine rings is 1. The topological polar surface area (TPSA) is 82.2 Å². The molecule has 0 radical (unpaired) electrons. The van der Waals surface area contributed by atoms with E-state index in [1.54, 1.807) is 0 Å². The van der Waals surface area contributed by atoms with Gasteiger partial charge in [-0.1, -0.05) is 26.7 Å². The molecular formula is C13H20N2O3. The van der Waals surface area contributed by atoms with E-state index in [1.165, 1.54) is 18.5 Å². The number of rotatable bonds is 6. The quantitative estimate of drug-likeness (QED) is 0.703. The van der Waals surface area contributed by atoms with Crippen molar-refractivity contribution in [3.8, 4) is 0 Å². The van der Waals surface area contributed by atoms with E-state index in [2.05, 4.69) is 10.3 Å². The fourth-order valence-electron chi connectivity index (χ4n) is 1.89. The summed E-state index contributed by atoms with van der Waals surface area (Å²) < 4.78 is 0. The Kier molecular flexibility index (Phi) is 5.58. The van der Waals surface area contributed by atoms with Gasteiger partial charge in [0.15, 0.2) is 5.43 Å². The van der Waals surface area contributed by atoms with E-state index in [0.717, 1.165) is 12.8 Å². The normalized spacial score (nSPS) is 12.4. The molecule has 1 aromatic rings. The van der Waals surface area contributed by atoms with E-state index in [4.69, 9.17) is 0 Å². The Hall–Kier alpha value is -1.62. The summed E-state index contributed by atoms with van der Waals surface area (Å²) in [7, 11) is 0. The van der Waals surface area contributed by atoms with E-state index < -0.39 is 12.0 Å². The summed E-state index contributed by atoms with van der Waals surface area (Å²) in [6, 6.07) is 1.30. The van der Waals surface area contributed by atoms with Gasteiger partial charge in [-0.2, -0.15) is 0 Å².